The van der Waals surface area contributed by atoms with Gasteiger partial charge in [0.1, 0.15) is 23.1 Å². The number of benzene rings is 2. The highest BCUT2D eigenvalue weighted by Gasteiger charge is 2.25. The molecule has 1 aliphatic rings. The predicted molar refractivity (Wildman–Crippen MR) is 86.5 cm³/mol. The van der Waals surface area contributed by atoms with E-state index in [9.17, 15) is 13.6 Å². The number of carbonyl (C=O) groups is 1. The van der Waals surface area contributed by atoms with Crippen molar-refractivity contribution < 1.29 is 27.8 Å². The summed E-state index contributed by atoms with van der Waals surface area (Å²) < 4.78 is 42.1. The number of hydrogen-bond donors (Lipinski definition) is 0. The van der Waals surface area contributed by atoms with Gasteiger partial charge in [-0.15, -0.1) is 0 Å². The number of rotatable bonds is 4. The van der Waals surface area contributed by atoms with E-state index in [0.717, 1.165) is 12.1 Å². The van der Waals surface area contributed by atoms with E-state index in [1.807, 2.05) is 0 Å². The zero-order chi connectivity index (χ0) is 18.0. The number of hydrogen-bond acceptors (Lipinski definition) is 5. The minimum absolute atomic E-state index is 0.0292. The first-order valence-electron chi connectivity index (χ1n) is 7.21. The molecule has 0 N–H and O–H groups in total. The van der Waals surface area contributed by atoms with Gasteiger partial charge < -0.3 is 14.2 Å². The summed E-state index contributed by atoms with van der Waals surface area (Å²) >= 11 is 0. The smallest absolute Gasteiger partial charge is 0.363 e. The van der Waals surface area contributed by atoms with E-state index >= 15 is 0 Å². The summed E-state index contributed by atoms with van der Waals surface area (Å²) in [5.74, 6) is -1.21. The van der Waals surface area contributed by atoms with Crippen LogP contribution in [0, 0.1) is 11.6 Å². The average Bonchev–Trinajstić information content (AvgIpc) is 2.97. The molecule has 0 radical (unpaired) electrons. The third kappa shape index (κ3) is 3.50. The van der Waals surface area contributed by atoms with E-state index in [0.29, 0.717) is 17.1 Å². The molecule has 0 amide bonds. The van der Waals surface area contributed by atoms with E-state index in [2.05, 4.69) is 4.99 Å². The summed E-state index contributed by atoms with van der Waals surface area (Å²) in [6.45, 7) is 0. The van der Waals surface area contributed by atoms with Crippen LogP contribution in [0.4, 0.5) is 8.78 Å². The molecule has 2 aromatic rings. The van der Waals surface area contributed by atoms with E-state index < -0.39 is 17.6 Å². The standard InChI is InChI=1S/C18H13F2NO4/c1-23-13-5-11(6-14(9-13)24-2)17-21-16(18(22)25-17)7-10-3-4-12(19)8-15(10)20/h3-9H,1-2H3/b16-7+. The van der Waals surface area contributed by atoms with Gasteiger partial charge >= 0.3 is 5.97 Å². The van der Waals surface area contributed by atoms with Gasteiger partial charge in [0.05, 0.1) is 14.2 Å². The Kier molecular flexibility index (Phi) is 4.47. The summed E-state index contributed by atoms with van der Waals surface area (Å²) in [5.41, 5.74) is 0.399. The lowest BCUT2D eigenvalue weighted by molar-refractivity contribution is -0.129. The van der Waals surface area contributed by atoms with Crippen molar-refractivity contribution in [2.24, 2.45) is 4.99 Å². The first kappa shape index (κ1) is 16.6. The maximum absolute atomic E-state index is 13.7. The molecule has 128 valence electrons. The van der Waals surface area contributed by atoms with E-state index in [1.54, 1.807) is 18.2 Å². The fourth-order valence-corrected chi connectivity index (χ4v) is 2.23. The molecule has 2 aromatic carbocycles. The summed E-state index contributed by atoms with van der Waals surface area (Å²) in [6, 6.07) is 7.93. The van der Waals surface area contributed by atoms with Gasteiger partial charge in [0.25, 0.3) is 0 Å². The van der Waals surface area contributed by atoms with Crippen molar-refractivity contribution in [3.8, 4) is 11.5 Å². The Balaban J connectivity index is 1.99. The lowest BCUT2D eigenvalue weighted by atomic mass is 10.1. The number of cyclic esters (lactones) is 1. The van der Waals surface area contributed by atoms with Gasteiger partial charge in [-0.3, -0.25) is 0 Å². The molecule has 0 atom stereocenters. The molecule has 0 aromatic heterocycles. The molecule has 0 bridgehead atoms. The average molecular weight is 345 g/mol. The van der Waals surface area contributed by atoms with Crippen molar-refractivity contribution in [3.05, 3.63) is 64.9 Å². The molecule has 0 unspecified atom stereocenters. The first-order valence-corrected chi connectivity index (χ1v) is 7.21. The Morgan fingerprint density at radius 2 is 1.72 bits per heavy atom. The Morgan fingerprint density at radius 3 is 2.32 bits per heavy atom. The molecular weight excluding hydrogens is 332 g/mol. The molecule has 7 heteroatoms. The zero-order valence-corrected chi connectivity index (χ0v) is 13.4. The molecule has 0 saturated carbocycles. The van der Waals surface area contributed by atoms with Gasteiger partial charge in [0.2, 0.25) is 5.90 Å². The molecule has 0 aliphatic carbocycles. The van der Waals surface area contributed by atoms with Crippen molar-refractivity contribution >= 4 is 17.9 Å². The van der Waals surface area contributed by atoms with Crippen LogP contribution in [-0.4, -0.2) is 26.1 Å². The van der Waals surface area contributed by atoms with Gasteiger partial charge in [-0.2, -0.15) is 0 Å². The zero-order valence-electron chi connectivity index (χ0n) is 13.4. The van der Waals surface area contributed by atoms with Crippen LogP contribution in [-0.2, 0) is 9.53 Å². The highest BCUT2D eigenvalue weighted by atomic mass is 19.1. The molecule has 3 rings (SSSR count). The largest absolute Gasteiger partial charge is 0.497 e. The number of methoxy groups -OCH3 is 2. The van der Waals surface area contributed by atoms with Crippen LogP contribution in [0.3, 0.4) is 0 Å². The van der Waals surface area contributed by atoms with Crippen LogP contribution in [0.2, 0.25) is 0 Å². The fourth-order valence-electron chi connectivity index (χ4n) is 2.23. The number of halogens is 2. The molecule has 1 heterocycles. The minimum atomic E-state index is -0.799. The normalized spacial score (nSPS) is 15.1. The summed E-state index contributed by atoms with van der Waals surface area (Å²) in [6.07, 6.45) is 1.20. The quantitative estimate of drug-likeness (QED) is 0.630. The van der Waals surface area contributed by atoms with Crippen LogP contribution < -0.4 is 9.47 Å². The number of aliphatic imine (C=N–C) groups is 1. The lowest BCUT2D eigenvalue weighted by Crippen LogP contribution is -2.06. The predicted octanol–water partition coefficient (Wildman–Crippen LogP) is 3.33. The van der Waals surface area contributed by atoms with Crippen LogP contribution in [0.25, 0.3) is 6.08 Å². The lowest BCUT2D eigenvalue weighted by Gasteiger charge is -2.07. The Bertz CT molecular complexity index is 884. The summed E-state index contributed by atoms with van der Waals surface area (Å²) in [4.78, 5) is 16.1. The van der Waals surface area contributed by atoms with E-state index in [4.69, 9.17) is 14.2 Å². The number of nitrogens with zero attached hydrogens (tertiary/aromatic N) is 1. The minimum Gasteiger partial charge on any atom is -0.497 e. The number of esters is 1. The van der Waals surface area contributed by atoms with E-state index in [-0.39, 0.29) is 17.2 Å². The highest BCUT2D eigenvalue weighted by Crippen LogP contribution is 2.26. The van der Waals surface area contributed by atoms with Crippen LogP contribution in [0.1, 0.15) is 11.1 Å². The van der Waals surface area contributed by atoms with Gasteiger partial charge in [-0.1, -0.05) is 0 Å². The molecule has 5 nitrogen and oxygen atoms in total. The third-order valence-electron chi connectivity index (χ3n) is 3.47. The summed E-state index contributed by atoms with van der Waals surface area (Å²) in [5, 5.41) is 0. The Morgan fingerprint density at radius 1 is 1.04 bits per heavy atom. The van der Waals surface area contributed by atoms with Gasteiger partial charge in [0, 0.05) is 23.3 Å². The fraction of sp³-hybridized carbons (Fsp3) is 0.111. The molecule has 1 aliphatic heterocycles. The maximum atomic E-state index is 13.7. The van der Waals surface area contributed by atoms with Crippen molar-refractivity contribution in [1.29, 1.82) is 0 Å². The van der Waals surface area contributed by atoms with Crippen molar-refractivity contribution in [2.45, 2.75) is 0 Å². The van der Waals surface area contributed by atoms with Crippen molar-refractivity contribution in [3.63, 3.8) is 0 Å². The SMILES string of the molecule is COc1cc(OC)cc(C2=N/C(=C/c3ccc(F)cc3F)C(=O)O2)c1. The third-order valence-corrected chi connectivity index (χ3v) is 3.47. The second kappa shape index (κ2) is 6.72. The van der Waals surface area contributed by atoms with Gasteiger partial charge in [-0.25, -0.2) is 18.6 Å². The van der Waals surface area contributed by atoms with Gasteiger partial charge in [-0.05, 0) is 30.3 Å². The van der Waals surface area contributed by atoms with Crippen LogP contribution >= 0.6 is 0 Å². The highest BCUT2D eigenvalue weighted by molar-refractivity contribution is 6.13. The molecule has 0 saturated heterocycles. The topological polar surface area (TPSA) is 57.1 Å². The second-order valence-electron chi connectivity index (χ2n) is 5.10. The first-order chi connectivity index (χ1) is 12.0. The molecule has 0 fully saturated rings. The molecular formula is C18H13F2NO4. The van der Waals surface area contributed by atoms with Crippen LogP contribution in [0.15, 0.2) is 47.1 Å². The Hall–Kier alpha value is -3.22. The number of ether oxygens (including phenoxy) is 3. The van der Waals surface area contributed by atoms with Crippen molar-refractivity contribution in [2.75, 3.05) is 14.2 Å². The molecule has 25 heavy (non-hydrogen) atoms. The van der Waals surface area contributed by atoms with Crippen LogP contribution in [0.5, 0.6) is 11.5 Å². The van der Waals surface area contributed by atoms with E-state index in [1.165, 1.54) is 26.4 Å². The van der Waals surface area contributed by atoms with Crippen molar-refractivity contribution in [1.82, 2.24) is 0 Å². The summed E-state index contributed by atoms with van der Waals surface area (Å²) in [7, 11) is 2.98. The monoisotopic (exact) mass is 345 g/mol. The van der Waals surface area contributed by atoms with Gasteiger partial charge in [0.15, 0.2) is 5.70 Å². The maximum Gasteiger partial charge on any atom is 0.363 e. The second-order valence-corrected chi connectivity index (χ2v) is 5.10. The molecule has 0 spiro atoms. The Labute approximate surface area is 142 Å². The number of carbonyl (C=O) groups excluding carboxylic acids is 1.